The van der Waals surface area contributed by atoms with Gasteiger partial charge in [0.1, 0.15) is 35.1 Å². The Morgan fingerprint density at radius 1 is 1.17 bits per heavy atom. The van der Waals surface area contributed by atoms with Crippen LogP contribution >= 0.6 is 22.9 Å². The van der Waals surface area contributed by atoms with Crippen molar-refractivity contribution in [2.75, 3.05) is 20.3 Å². The molecular formula is C30H25ClF6N4O5S. The van der Waals surface area contributed by atoms with E-state index in [2.05, 4.69) is 15.3 Å². The number of hydrogen-bond acceptors (Lipinski definition) is 8. The number of primary amides is 1. The number of halogens is 7. The molecule has 4 aromatic rings. The maximum absolute atomic E-state index is 14.7. The number of alkyl halides is 5. The Bertz CT molecular complexity index is 1850. The number of amides is 2. The highest BCUT2D eigenvalue weighted by Gasteiger charge is 2.57. The molecular weight excluding hydrogens is 678 g/mol. The quantitative estimate of drug-likeness (QED) is 0.157. The number of benzene rings is 2. The van der Waals surface area contributed by atoms with E-state index >= 15 is 0 Å². The molecule has 0 bridgehead atoms. The minimum absolute atomic E-state index is 0.0790. The first-order chi connectivity index (χ1) is 22.1. The van der Waals surface area contributed by atoms with Gasteiger partial charge in [-0.15, -0.1) is 11.3 Å². The predicted molar refractivity (Wildman–Crippen MR) is 159 cm³/mol. The Kier molecular flexibility index (Phi) is 9.57. The molecule has 1 saturated carbocycles. The van der Waals surface area contributed by atoms with E-state index in [9.17, 15) is 41.0 Å². The standard InChI is InChI=1S/C30H25ClF6N4O5S/c1-45-19-7-16(8-20-25(19)41-28(47-20)13-2-3-13)27(43)39-12-29(44,30(35,36)37)21-9-15(10-23(38)42)26(46-11-22(33)34)24(40-21)14-4-5-18(32)17(31)6-14/h4-9,13,22,44H,2-3,10-12H2,1H3,(H2,38,42)(H,39,43)/t29-/m0/s1. The Morgan fingerprint density at radius 2 is 1.89 bits per heavy atom. The number of carbonyl (C=O) groups excluding carboxylic acids is 2. The van der Waals surface area contributed by atoms with Crippen molar-refractivity contribution in [1.82, 2.24) is 15.3 Å². The van der Waals surface area contributed by atoms with Crippen LogP contribution in [0.2, 0.25) is 5.02 Å². The third-order valence-corrected chi connectivity index (χ3v) is 8.70. The van der Waals surface area contributed by atoms with E-state index in [1.165, 1.54) is 30.6 Å². The van der Waals surface area contributed by atoms with Crippen LogP contribution in [0.15, 0.2) is 36.4 Å². The van der Waals surface area contributed by atoms with Crippen LogP contribution < -0.4 is 20.5 Å². The number of nitrogens with one attached hydrogen (secondary N) is 1. The lowest BCUT2D eigenvalue weighted by Crippen LogP contribution is -2.51. The lowest BCUT2D eigenvalue weighted by Gasteiger charge is -2.31. The van der Waals surface area contributed by atoms with Crippen molar-refractivity contribution in [2.45, 2.75) is 43.4 Å². The number of pyridine rings is 1. The maximum Gasteiger partial charge on any atom is 0.424 e. The Labute approximate surface area is 271 Å². The number of aliphatic hydroxyl groups is 1. The molecule has 4 N–H and O–H groups in total. The van der Waals surface area contributed by atoms with Gasteiger partial charge in [0.2, 0.25) is 11.5 Å². The van der Waals surface area contributed by atoms with Gasteiger partial charge in [-0.3, -0.25) is 9.59 Å². The molecule has 5 rings (SSSR count). The van der Waals surface area contributed by atoms with E-state index in [4.69, 9.17) is 26.8 Å². The molecule has 2 aromatic carbocycles. The van der Waals surface area contributed by atoms with E-state index < -0.39 is 83.1 Å². The first-order valence-corrected chi connectivity index (χ1v) is 15.1. The highest BCUT2D eigenvalue weighted by molar-refractivity contribution is 7.18. The van der Waals surface area contributed by atoms with Crippen LogP contribution in [0, 0.1) is 5.82 Å². The number of methoxy groups -OCH3 is 1. The molecule has 1 atom stereocenters. The van der Waals surface area contributed by atoms with Gasteiger partial charge in [-0.25, -0.2) is 23.1 Å². The fourth-order valence-corrected chi connectivity index (χ4v) is 6.09. The summed E-state index contributed by atoms with van der Waals surface area (Å²) in [5.41, 5.74) is -0.578. The SMILES string of the molecule is COc1cc(C(=O)NC[C@](O)(c2cc(CC(N)=O)c(OCC(F)F)c(-c3ccc(F)c(Cl)c3)n2)C(F)(F)F)cc2sc(C3CC3)nc12. The van der Waals surface area contributed by atoms with Crippen LogP contribution in [0.1, 0.15) is 45.4 Å². The second-order valence-electron chi connectivity index (χ2n) is 10.7. The number of ether oxygens (including phenoxy) is 2. The van der Waals surface area contributed by atoms with E-state index in [-0.39, 0.29) is 16.9 Å². The highest BCUT2D eigenvalue weighted by Crippen LogP contribution is 2.45. The zero-order valence-corrected chi connectivity index (χ0v) is 25.8. The number of nitrogens with zero attached hydrogens (tertiary/aromatic N) is 2. The van der Waals surface area contributed by atoms with Gasteiger partial charge in [0.05, 0.1) is 40.5 Å². The Hall–Kier alpha value is -4.15. The number of thiazole rings is 1. The minimum atomic E-state index is -5.50. The molecule has 2 amide bonds. The zero-order valence-electron chi connectivity index (χ0n) is 24.3. The third-order valence-electron chi connectivity index (χ3n) is 7.24. The van der Waals surface area contributed by atoms with Crippen LogP contribution in [-0.4, -0.2) is 59.8 Å². The summed E-state index contributed by atoms with van der Waals surface area (Å²) in [4.78, 5) is 33.5. The van der Waals surface area contributed by atoms with Gasteiger partial charge < -0.3 is 25.6 Å². The van der Waals surface area contributed by atoms with E-state index in [0.29, 0.717) is 22.2 Å². The molecule has 0 saturated heterocycles. The van der Waals surface area contributed by atoms with Crippen LogP contribution in [0.5, 0.6) is 11.5 Å². The maximum atomic E-state index is 14.7. The first-order valence-electron chi connectivity index (χ1n) is 13.9. The summed E-state index contributed by atoms with van der Waals surface area (Å²) < 4.78 is 95.4. The zero-order chi connectivity index (χ0) is 34.3. The van der Waals surface area contributed by atoms with Crippen molar-refractivity contribution in [2.24, 2.45) is 5.73 Å². The van der Waals surface area contributed by atoms with Crippen molar-refractivity contribution < 1.29 is 50.5 Å². The second kappa shape index (κ2) is 13.2. The summed E-state index contributed by atoms with van der Waals surface area (Å²) in [6.45, 7) is -2.74. The van der Waals surface area contributed by atoms with Gasteiger partial charge in [-0.2, -0.15) is 13.2 Å². The molecule has 2 aromatic heterocycles. The Morgan fingerprint density at radius 3 is 2.49 bits per heavy atom. The van der Waals surface area contributed by atoms with Gasteiger partial charge in [0.15, 0.2) is 0 Å². The molecule has 9 nitrogen and oxygen atoms in total. The monoisotopic (exact) mass is 702 g/mol. The average Bonchev–Trinajstić information content (AvgIpc) is 3.76. The van der Waals surface area contributed by atoms with Crippen molar-refractivity contribution in [3.63, 3.8) is 0 Å². The predicted octanol–water partition coefficient (Wildman–Crippen LogP) is 5.89. The van der Waals surface area contributed by atoms with Gasteiger partial charge in [0.25, 0.3) is 12.3 Å². The van der Waals surface area contributed by atoms with Crippen LogP contribution in [0.25, 0.3) is 21.5 Å². The van der Waals surface area contributed by atoms with Gasteiger partial charge in [-0.1, -0.05) is 11.6 Å². The van der Waals surface area contributed by atoms with Crippen LogP contribution in [0.4, 0.5) is 26.3 Å². The lowest BCUT2D eigenvalue weighted by atomic mass is 9.93. The number of carbonyl (C=O) groups is 2. The summed E-state index contributed by atoms with van der Waals surface area (Å²) in [5, 5.41) is 13.6. The number of rotatable bonds is 12. The fraction of sp³-hybridized carbons (Fsp3) is 0.333. The van der Waals surface area contributed by atoms with Crippen LogP contribution in [0.3, 0.4) is 0 Å². The van der Waals surface area contributed by atoms with Crippen molar-refractivity contribution >= 4 is 45.0 Å². The molecule has 0 radical (unpaired) electrons. The lowest BCUT2D eigenvalue weighted by molar-refractivity contribution is -0.265. The van der Waals surface area contributed by atoms with Gasteiger partial charge in [0, 0.05) is 22.6 Å². The second-order valence-corrected chi connectivity index (χ2v) is 12.2. The minimum Gasteiger partial charge on any atom is -0.494 e. The molecule has 250 valence electrons. The van der Waals surface area contributed by atoms with Crippen molar-refractivity contribution in [3.05, 3.63) is 69.1 Å². The number of nitrogens with two attached hydrogens (primary N) is 1. The smallest absolute Gasteiger partial charge is 0.424 e. The normalized spacial score (nSPS) is 14.7. The molecule has 2 heterocycles. The molecule has 1 aliphatic rings. The van der Waals surface area contributed by atoms with Gasteiger partial charge >= 0.3 is 6.18 Å². The van der Waals surface area contributed by atoms with E-state index in [1.807, 2.05) is 0 Å². The molecule has 0 spiro atoms. The summed E-state index contributed by atoms with van der Waals surface area (Å²) in [6.07, 6.45) is -7.44. The van der Waals surface area contributed by atoms with E-state index in [1.54, 1.807) is 0 Å². The Balaban J connectivity index is 1.57. The average molecular weight is 703 g/mol. The summed E-state index contributed by atoms with van der Waals surface area (Å²) >= 11 is 7.19. The molecule has 1 aliphatic carbocycles. The van der Waals surface area contributed by atoms with Crippen LogP contribution in [-0.2, 0) is 16.8 Å². The third kappa shape index (κ3) is 7.23. The van der Waals surface area contributed by atoms with E-state index in [0.717, 1.165) is 36.0 Å². The van der Waals surface area contributed by atoms with Crippen molar-refractivity contribution in [1.29, 1.82) is 0 Å². The van der Waals surface area contributed by atoms with Gasteiger partial charge in [-0.05, 0) is 49.2 Å². The summed E-state index contributed by atoms with van der Waals surface area (Å²) in [5.74, 6) is -3.06. The summed E-state index contributed by atoms with van der Waals surface area (Å²) in [7, 11) is 1.35. The molecule has 1 fully saturated rings. The number of fused-ring (bicyclic) bond motifs is 1. The number of hydrogen-bond donors (Lipinski definition) is 3. The van der Waals surface area contributed by atoms with Crippen molar-refractivity contribution in [3.8, 4) is 22.8 Å². The molecule has 0 aliphatic heterocycles. The molecule has 0 unspecified atom stereocenters. The molecule has 17 heteroatoms. The fourth-order valence-electron chi connectivity index (χ4n) is 4.72. The summed E-state index contributed by atoms with van der Waals surface area (Å²) in [6, 6.07) is 6.18. The molecule has 47 heavy (non-hydrogen) atoms. The number of aromatic nitrogens is 2. The largest absolute Gasteiger partial charge is 0.494 e. The topological polar surface area (TPSA) is 137 Å². The highest BCUT2D eigenvalue weighted by atomic mass is 35.5. The first kappa shape index (κ1) is 34.2.